The molecule has 0 aliphatic rings. The third kappa shape index (κ3) is 3.70. The van der Waals surface area contributed by atoms with Crippen molar-refractivity contribution in [3.05, 3.63) is 29.3 Å². The highest BCUT2D eigenvalue weighted by atomic mass is 19.4. The Kier molecular flexibility index (Phi) is 4.25. The molecule has 1 rings (SSSR count). The first-order chi connectivity index (χ1) is 8.54. The lowest BCUT2D eigenvalue weighted by molar-refractivity contribution is -0.252. The van der Waals surface area contributed by atoms with Crippen LogP contribution in [0.2, 0.25) is 0 Å². The van der Waals surface area contributed by atoms with Crippen molar-refractivity contribution in [2.24, 2.45) is 0 Å². The first-order valence-electron chi connectivity index (χ1n) is 5.70. The molecule has 106 valence electrons. The molecule has 0 aliphatic heterocycles. The summed E-state index contributed by atoms with van der Waals surface area (Å²) in [6, 6.07) is 5.12. The quantitative estimate of drug-likeness (QED) is 0.891. The van der Waals surface area contributed by atoms with E-state index >= 15 is 0 Å². The van der Waals surface area contributed by atoms with E-state index in [1.807, 2.05) is 13.0 Å². The second kappa shape index (κ2) is 5.21. The predicted octanol–water partition coefficient (Wildman–Crippen LogP) is 2.95. The van der Waals surface area contributed by atoms with Gasteiger partial charge >= 0.3 is 6.18 Å². The van der Waals surface area contributed by atoms with Crippen molar-refractivity contribution in [1.29, 1.82) is 0 Å². The van der Waals surface area contributed by atoms with E-state index in [1.165, 1.54) is 0 Å². The first-order valence-corrected chi connectivity index (χ1v) is 5.70. The smallest absolute Gasteiger partial charge is 0.380 e. The molecule has 0 radical (unpaired) electrons. The minimum absolute atomic E-state index is 0.447. The summed E-state index contributed by atoms with van der Waals surface area (Å²) in [6.07, 6.45) is -5.88. The van der Waals surface area contributed by atoms with E-state index in [0.717, 1.165) is 11.1 Å². The third-order valence-corrected chi connectivity index (χ3v) is 2.99. The third-order valence-electron chi connectivity index (χ3n) is 2.99. The fourth-order valence-corrected chi connectivity index (χ4v) is 1.49. The van der Waals surface area contributed by atoms with Gasteiger partial charge in [-0.15, -0.1) is 0 Å². The molecule has 0 heterocycles. The lowest BCUT2D eigenvalue weighted by Crippen LogP contribution is -2.44. The Morgan fingerprint density at radius 1 is 1.32 bits per heavy atom. The largest absolute Gasteiger partial charge is 0.417 e. The van der Waals surface area contributed by atoms with Gasteiger partial charge in [0, 0.05) is 5.69 Å². The zero-order chi connectivity index (χ0) is 14.8. The minimum atomic E-state index is -4.84. The van der Waals surface area contributed by atoms with E-state index < -0.39 is 24.1 Å². The Labute approximate surface area is 109 Å². The van der Waals surface area contributed by atoms with Gasteiger partial charge in [-0.2, -0.15) is 13.2 Å². The van der Waals surface area contributed by atoms with Gasteiger partial charge in [0.15, 0.2) is 5.60 Å². The second-order valence-electron chi connectivity index (χ2n) is 4.74. The first kappa shape index (κ1) is 15.5. The van der Waals surface area contributed by atoms with Gasteiger partial charge in [-0.25, -0.2) is 0 Å². The van der Waals surface area contributed by atoms with Crippen molar-refractivity contribution in [3.8, 4) is 0 Å². The average molecular weight is 275 g/mol. The van der Waals surface area contributed by atoms with Crippen LogP contribution in [0.3, 0.4) is 0 Å². The summed E-state index contributed by atoms with van der Waals surface area (Å²) >= 11 is 0. The minimum Gasteiger partial charge on any atom is -0.380 e. The molecule has 0 saturated heterocycles. The van der Waals surface area contributed by atoms with E-state index in [2.05, 4.69) is 5.32 Å². The van der Waals surface area contributed by atoms with Crippen molar-refractivity contribution in [2.75, 3.05) is 5.32 Å². The molecule has 0 saturated carbocycles. The average Bonchev–Trinajstić information content (AvgIpc) is 2.22. The van der Waals surface area contributed by atoms with Crippen LogP contribution >= 0.6 is 0 Å². The van der Waals surface area contributed by atoms with Crippen LogP contribution in [0, 0.1) is 13.8 Å². The molecule has 0 unspecified atom stereocenters. The molecule has 0 spiro atoms. The van der Waals surface area contributed by atoms with Crippen molar-refractivity contribution < 1.29 is 23.1 Å². The Morgan fingerprint density at radius 2 is 1.89 bits per heavy atom. The van der Waals surface area contributed by atoms with Crippen molar-refractivity contribution in [3.63, 3.8) is 0 Å². The molecule has 19 heavy (non-hydrogen) atoms. The van der Waals surface area contributed by atoms with Gasteiger partial charge in [-0.3, -0.25) is 4.79 Å². The standard InChI is InChI=1S/C13H16F3NO2/c1-8-5-4-6-10(9(8)2)17-11(18)7-12(3,19)13(14,15)16/h4-6,19H,7H2,1-3H3,(H,17,18)/t12-/m1/s1. The highest BCUT2D eigenvalue weighted by molar-refractivity contribution is 5.92. The number of anilines is 1. The van der Waals surface area contributed by atoms with Crippen LogP contribution in [0.25, 0.3) is 0 Å². The van der Waals surface area contributed by atoms with Gasteiger partial charge in [0.05, 0.1) is 6.42 Å². The highest BCUT2D eigenvalue weighted by Crippen LogP contribution is 2.33. The molecule has 6 heteroatoms. The number of halogens is 3. The van der Waals surface area contributed by atoms with Crippen LogP contribution in [0.15, 0.2) is 18.2 Å². The molecule has 0 aliphatic carbocycles. The van der Waals surface area contributed by atoms with E-state index in [0.29, 0.717) is 12.6 Å². The van der Waals surface area contributed by atoms with Crippen LogP contribution in [0.4, 0.5) is 18.9 Å². The molecule has 0 bridgehead atoms. The summed E-state index contributed by atoms with van der Waals surface area (Å²) in [5, 5.41) is 11.6. The summed E-state index contributed by atoms with van der Waals surface area (Å²) in [5.41, 5.74) is -0.889. The molecule has 1 amide bonds. The summed E-state index contributed by atoms with van der Waals surface area (Å²) in [7, 11) is 0. The maximum absolute atomic E-state index is 12.4. The van der Waals surface area contributed by atoms with E-state index in [9.17, 15) is 23.1 Å². The zero-order valence-electron chi connectivity index (χ0n) is 10.9. The number of hydrogen-bond acceptors (Lipinski definition) is 2. The Morgan fingerprint density at radius 3 is 2.42 bits per heavy atom. The number of amides is 1. The molecule has 0 aromatic heterocycles. The van der Waals surface area contributed by atoms with Gasteiger partial charge in [0.1, 0.15) is 0 Å². The van der Waals surface area contributed by atoms with Crippen molar-refractivity contribution in [2.45, 2.75) is 39.0 Å². The van der Waals surface area contributed by atoms with Gasteiger partial charge in [0.25, 0.3) is 0 Å². The Bertz CT molecular complexity index is 481. The van der Waals surface area contributed by atoms with Gasteiger partial charge in [0.2, 0.25) is 5.91 Å². The summed E-state index contributed by atoms with van der Waals surface area (Å²) < 4.78 is 37.3. The number of aryl methyl sites for hydroxylation is 1. The van der Waals surface area contributed by atoms with E-state index in [-0.39, 0.29) is 0 Å². The van der Waals surface area contributed by atoms with Crippen LogP contribution in [-0.2, 0) is 4.79 Å². The Hall–Kier alpha value is -1.56. The predicted molar refractivity (Wildman–Crippen MR) is 65.8 cm³/mol. The summed E-state index contributed by atoms with van der Waals surface area (Å²) in [5.74, 6) is -0.879. The number of nitrogens with one attached hydrogen (secondary N) is 1. The normalized spacial score (nSPS) is 14.9. The number of aliphatic hydroxyl groups is 1. The van der Waals surface area contributed by atoms with E-state index in [4.69, 9.17) is 0 Å². The molecule has 0 fully saturated rings. The molecule has 1 aromatic rings. The molecule has 2 N–H and O–H groups in total. The Balaban J connectivity index is 2.79. The molecule has 1 atom stereocenters. The van der Waals surface area contributed by atoms with Crippen LogP contribution in [0.1, 0.15) is 24.5 Å². The van der Waals surface area contributed by atoms with Crippen molar-refractivity contribution in [1.82, 2.24) is 0 Å². The SMILES string of the molecule is Cc1cccc(NC(=O)C[C@@](C)(O)C(F)(F)F)c1C. The van der Waals surface area contributed by atoms with Crippen molar-refractivity contribution >= 4 is 11.6 Å². The maximum Gasteiger partial charge on any atom is 0.417 e. The van der Waals surface area contributed by atoms with Crippen LogP contribution in [-0.4, -0.2) is 22.8 Å². The lowest BCUT2D eigenvalue weighted by Gasteiger charge is -2.25. The van der Waals surface area contributed by atoms with E-state index in [1.54, 1.807) is 19.1 Å². The zero-order valence-corrected chi connectivity index (χ0v) is 10.9. The summed E-state index contributed by atoms with van der Waals surface area (Å²) in [4.78, 5) is 11.6. The molecule has 3 nitrogen and oxygen atoms in total. The van der Waals surface area contributed by atoms with Crippen LogP contribution < -0.4 is 5.32 Å². The van der Waals surface area contributed by atoms with Gasteiger partial charge < -0.3 is 10.4 Å². The number of carbonyl (C=O) groups excluding carboxylic acids is 1. The summed E-state index contributed by atoms with van der Waals surface area (Å²) in [6.45, 7) is 4.17. The van der Waals surface area contributed by atoms with Gasteiger partial charge in [-0.1, -0.05) is 12.1 Å². The second-order valence-corrected chi connectivity index (χ2v) is 4.74. The van der Waals surface area contributed by atoms with Crippen LogP contribution in [0.5, 0.6) is 0 Å². The number of carbonyl (C=O) groups is 1. The highest BCUT2D eigenvalue weighted by Gasteiger charge is 2.50. The fraction of sp³-hybridized carbons (Fsp3) is 0.462. The fourth-order valence-electron chi connectivity index (χ4n) is 1.49. The number of benzene rings is 1. The number of alkyl halides is 3. The molecular weight excluding hydrogens is 259 g/mol. The molecule has 1 aromatic carbocycles. The maximum atomic E-state index is 12.4. The molecular formula is C13H16F3NO2. The monoisotopic (exact) mass is 275 g/mol. The number of rotatable bonds is 3. The number of hydrogen-bond donors (Lipinski definition) is 2. The topological polar surface area (TPSA) is 49.3 Å². The van der Waals surface area contributed by atoms with Gasteiger partial charge in [-0.05, 0) is 38.0 Å². The lowest BCUT2D eigenvalue weighted by atomic mass is 10.0.